The van der Waals surface area contributed by atoms with E-state index in [0.29, 0.717) is 17.0 Å². The number of aryl methyl sites for hydroxylation is 1. The zero-order valence-electron chi connectivity index (χ0n) is 15.8. The Kier molecular flexibility index (Phi) is 5.24. The molecule has 0 N–H and O–H groups in total. The van der Waals surface area contributed by atoms with E-state index in [9.17, 15) is 9.59 Å². The van der Waals surface area contributed by atoms with Gasteiger partial charge in [0.05, 0.1) is 17.8 Å². The maximum atomic E-state index is 11.6. The number of hydrogen-bond acceptors (Lipinski definition) is 9. The van der Waals surface area contributed by atoms with E-state index in [2.05, 4.69) is 15.0 Å². The zero-order chi connectivity index (χ0) is 20.7. The predicted molar refractivity (Wildman–Crippen MR) is 104 cm³/mol. The van der Waals surface area contributed by atoms with Crippen molar-refractivity contribution in [2.24, 2.45) is 0 Å². The Hall–Kier alpha value is -2.56. The van der Waals surface area contributed by atoms with Crippen molar-refractivity contribution in [1.29, 1.82) is 0 Å². The average Bonchev–Trinajstić information content (AvgIpc) is 3.34. The standard InChI is InChI=1S/C18H17ClN4O5S/c1-8-4-5-12(29-8)16-21-15(19)13-17(22-16)23(7-20-13)18-14(28-10(3)25)11(6-26-18)27-9(2)24/h4-5,7,11,14,18H,6H2,1-3H3/t11-,14-,18-/m1/s1. The van der Waals surface area contributed by atoms with Gasteiger partial charge in [0.1, 0.15) is 5.52 Å². The van der Waals surface area contributed by atoms with Gasteiger partial charge in [-0.25, -0.2) is 15.0 Å². The van der Waals surface area contributed by atoms with Gasteiger partial charge in [-0.2, -0.15) is 0 Å². The summed E-state index contributed by atoms with van der Waals surface area (Å²) in [7, 11) is 0. The van der Waals surface area contributed by atoms with Crippen molar-refractivity contribution in [2.75, 3.05) is 6.61 Å². The second kappa shape index (κ2) is 7.69. The third-order valence-electron chi connectivity index (χ3n) is 4.31. The summed E-state index contributed by atoms with van der Waals surface area (Å²) in [5, 5.41) is 0.202. The van der Waals surface area contributed by atoms with Crippen molar-refractivity contribution in [3.8, 4) is 10.7 Å². The van der Waals surface area contributed by atoms with Gasteiger partial charge in [0.25, 0.3) is 0 Å². The normalized spacial score (nSPS) is 21.4. The van der Waals surface area contributed by atoms with E-state index >= 15 is 0 Å². The first-order valence-corrected chi connectivity index (χ1v) is 9.96. The molecule has 9 nitrogen and oxygen atoms in total. The molecule has 4 rings (SSSR count). The van der Waals surface area contributed by atoms with E-state index in [1.807, 2.05) is 19.1 Å². The number of thiophene rings is 1. The van der Waals surface area contributed by atoms with Crippen molar-refractivity contribution >= 4 is 46.0 Å². The highest BCUT2D eigenvalue weighted by molar-refractivity contribution is 7.15. The molecule has 3 aromatic heterocycles. The predicted octanol–water partition coefficient (Wildman–Crippen LogP) is 2.91. The Labute approximate surface area is 174 Å². The number of aromatic nitrogens is 4. The van der Waals surface area contributed by atoms with Crippen LogP contribution < -0.4 is 0 Å². The number of carbonyl (C=O) groups excluding carboxylic acids is 2. The molecule has 0 bridgehead atoms. The summed E-state index contributed by atoms with van der Waals surface area (Å²) in [6, 6.07) is 3.89. The molecule has 1 fully saturated rings. The highest BCUT2D eigenvalue weighted by Crippen LogP contribution is 2.34. The summed E-state index contributed by atoms with van der Waals surface area (Å²) in [6.07, 6.45) is -0.880. The van der Waals surface area contributed by atoms with Gasteiger partial charge < -0.3 is 14.2 Å². The molecule has 1 aliphatic heterocycles. The largest absolute Gasteiger partial charge is 0.456 e. The van der Waals surface area contributed by atoms with E-state index in [1.165, 1.54) is 20.2 Å². The molecule has 152 valence electrons. The van der Waals surface area contributed by atoms with Gasteiger partial charge in [0.15, 0.2) is 35.1 Å². The Morgan fingerprint density at radius 2 is 2.00 bits per heavy atom. The number of ether oxygens (including phenoxy) is 3. The minimum absolute atomic E-state index is 0.0671. The molecule has 11 heteroatoms. The van der Waals surface area contributed by atoms with E-state index < -0.39 is 30.4 Å². The molecule has 0 aromatic carbocycles. The lowest BCUT2D eigenvalue weighted by Gasteiger charge is -2.23. The Morgan fingerprint density at radius 1 is 1.24 bits per heavy atom. The van der Waals surface area contributed by atoms with Crippen LogP contribution in [0, 0.1) is 6.92 Å². The molecule has 0 radical (unpaired) electrons. The molecular weight excluding hydrogens is 420 g/mol. The minimum atomic E-state index is -0.852. The minimum Gasteiger partial charge on any atom is -0.456 e. The number of halogens is 1. The van der Waals surface area contributed by atoms with Crippen molar-refractivity contribution in [3.05, 3.63) is 28.5 Å². The van der Waals surface area contributed by atoms with Crippen LogP contribution in [-0.4, -0.2) is 50.3 Å². The summed E-state index contributed by atoms with van der Waals surface area (Å²) < 4.78 is 18.1. The average molecular weight is 437 g/mol. The van der Waals surface area contributed by atoms with Gasteiger partial charge in [-0.3, -0.25) is 14.2 Å². The molecule has 1 aliphatic rings. The van der Waals surface area contributed by atoms with Crippen LogP contribution >= 0.6 is 22.9 Å². The second-order valence-corrected chi connectivity index (χ2v) is 8.16. The Morgan fingerprint density at radius 3 is 2.66 bits per heavy atom. The molecule has 0 spiro atoms. The van der Waals surface area contributed by atoms with Crippen LogP contribution in [0.4, 0.5) is 0 Å². The van der Waals surface area contributed by atoms with Gasteiger partial charge >= 0.3 is 11.9 Å². The van der Waals surface area contributed by atoms with Crippen LogP contribution in [0.15, 0.2) is 18.5 Å². The van der Waals surface area contributed by atoms with Crippen LogP contribution in [-0.2, 0) is 23.8 Å². The highest BCUT2D eigenvalue weighted by Gasteiger charge is 2.44. The van der Waals surface area contributed by atoms with Crippen LogP contribution in [0.25, 0.3) is 21.9 Å². The second-order valence-electron chi connectivity index (χ2n) is 6.52. The molecule has 4 heterocycles. The number of rotatable bonds is 4. The van der Waals surface area contributed by atoms with Gasteiger partial charge in [-0.1, -0.05) is 11.6 Å². The maximum absolute atomic E-state index is 11.6. The third-order valence-corrected chi connectivity index (χ3v) is 5.57. The maximum Gasteiger partial charge on any atom is 0.303 e. The number of fused-ring (bicyclic) bond motifs is 1. The molecule has 3 aromatic rings. The van der Waals surface area contributed by atoms with E-state index in [4.69, 9.17) is 25.8 Å². The molecule has 0 unspecified atom stereocenters. The van der Waals surface area contributed by atoms with E-state index in [1.54, 1.807) is 15.9 Å². The topological polar surface area (TPSA) is 105 Å². The Balaban J connectivity index is 1.77. The van der Waals surface area contributed by atoms with Gasteiger partial charge in [-0.15, -0.1) is 11.3 Å². The SMILES string of the molecule is CC(=O)O[C@H]1[C@H](n2cnc3c(Cl)nc(-c4ccc(C)s4)nc32)OC[C@H]1OC(C)=O. The van der Waals surface area contributed by atoms with Crippen molar-refractivity contribution in [1.82, 2.24) is 19.5 Å². The van der Waals surface area contributed by atoms with Crippen LogP contribution in [0.2, 0.25) is 5.15 Å². The lowest BCUT2D eigenvalue weighted by Crippen LogP contribution is -2.35. The zero-order valence-corrected chi connectivity index (χ0v) is 17.4. The fraction of sp³-hybridized carbons (Fsp3) is 0.389. The first-order chi connectivity index (χ1) is 13.8. The summed E-state index contributed by atoms with van der Waals surface area (Å²) in [4.78, 5) is 38.2. The highest BCUT2D eigenvalue weighted by atomic mass is 35.5. The summed E-state index contributed by atoms with van der Waals surface area (Å²) in [5.74, 6) is -0.553. The summed E-state index contributed by atoms with van der Waals surface area (Å²) >= 11 is 7.88. The lowest BCUT2D eigenvalue weighted by atomic mass is 10.2. The number of esters is 2. The van der Waals surface area contributed by atoms with E-state index in [0.717, 1.165) is 9.75 Å². The van der Waals surface area contributed by atoms with Crippen LogP contribution in [0.3, 0.4) is 0 Å². The van der Waals surface area contributed by atoms with Crippen molar-refractivity contribution in [2.45, 2.75) is 39.2 Å². The first kappa shape index (κ1) is 19.7. The number of hydrogen-bond donors (Lipinski definition) is 0. The molecule has 0 amide bonds. The van der Waals surface area contributed by atoms with Gasteiger partial charge in [0, 0.05) is 18.7 Å². The lowest BCUT2D eigenvalue weighted by molar-refractivity contribution is -0.164. The van der Waals surface area contributed by atoms with Crippen molar-refractivity contribution in [3.63, 3.8) is 0 Å². The molecule has 1 saturated heterocycles. The molecule has 29 heavy (non-hydrogen) atoms. The van der Waals surface area contributed by atoms with Crippen LogP contribution in [0.5, 0.6) is 0 Å². The molecule has 3 atom stereocenters. The monoisotopic (exact) mass is 436 g/mol. The molecular formula is C18H17ClN4O5S. The quantitative estimate of drug-likeness (QED) is 0.454. The summed E-state index contributed by atoms with van der Waals surface area (Å²) in [6.45, 7) is 4.62. The fourth-order valence-corrected chi connectivity index (χ4v) is 4.19. The van der Waals surface area contributed by atoms with Gasteiger partial charge in [0.2, 0.25) is 0 Å². The molecule has 0 aliphatic carbocycles. The van der Waals surface area contributed by atoms with Gasteiger partial charge in [-0.05, 0) is 19.1 Å². The number of carbonyl (C=O) groups is 2. The fourth-order valence-electron chi connectivity index (χ4n) is 3.18. The smallest absolute Gasteiger partial charge is 0.303 e. The van der Waals surface area contributed by atoms with E-state index in [-0.39, 0.29) is 11.8 Å². The van der Waals surface area contributed by atoms with Crippen molar-refractivity contribution < 1.29 is 23.8 Å². The van der Waals surface area contributed by atoms with Crippen LogP contribution in [0.1, 0.15) is 25.0 Å². The Bertz CT molecular complexity index is 1100. The molecule has 0 saturated carbocycles. The third kappa shape index (κ3) is 3.83. The summed E-state index contributed by atoms with van der Waals surface area (Å²) in [5.41, 5.74) is 0.821. The number of nitrogens with zero attached hydrogens (tertiary/aromatic N) is 4. The first-order valence-electron chi connectivity index (χ1n) is 8.76. The number of imidazole rings is 1.